The zero-order valence-electron chi connectivity index (χ0n) is 15.5. The monoisotopic (exact) mass is 396 g/mol. The summed E-state index contributed by atoms with van der Waals surface area (Å²) in [5.74, 6) is 0. The lowest BCUT2D eigenvalue weighted by Crippen LogP contribution is -1.99. The fourth-order valence-corrected chi connectivity index (χ4v) is 3.53. The molecule has 4 nitrogen and oxygen atoms in total. The van der Waals surface area contributed by atoms with Crippen LogP contribution >= 0.6 is 11.6 Å². The van der Waals surface area contributed by atoms with Gasteiger partial charge in [0, 0.05) is 23.1 Å². The van der Waals surface area contributed by atoms with Crippen molar-refractivity contribution >= 4 is 45.0 Å². The highest BCUT2D eigenvalue weighted by molar-refractivity contribution is 6.30. The van der Waals surface area contributed by atoms with Crippen molar-refractivity contribution < 1.29 is 0 Å². The van der Waals surface area contributed by atoms with Crippen LogP contribution in [0.1, 0.15) is 11.1 Å². The molecule has 0 aliphatic heterocycles. The van der Waals surface area contributed by atoms with Crippen LogP contribution in [0.15, 0.2) is 85.2 Å². The summed E-state index contributed by atoms with van der Waals surface area (Å²) in [5, 5.41) is 4.17. The summed E-state index contributed by atoms with van der Waals surface area (Å²) in [6.45, 7) is 0. The topological polar surface area (TPSA) is 50.7 Å². The first kappa shape index (κ1) is 17.6. The Balaban J connectivity index is 1.66. The molecule has 5 heteroatoms. The molecule has 29 heavy (non-hydrogen) atoms. The molecule has 5 aromatic rings. The van der Waals surface area contributed by atoms with E-state index in [0.717, 1.165) is 45.4 Å². The lowest BCUT2D eigenvalue weighted by molar-refractivity contribution is 1.16. The van der Waals surface area contributed by atoms with Gasteiger partial charge >= 0.3 is 0 Å². The van der Waals surface area contributed by atoms with Gasteiger partial charge in [0.25, 0.3) is 0 Å². The van der Waals surface area contributed by atoms with E-state index in [2.05, 4.69) is 22.4 Å². The first-order valence-electron chi connectivity index (χ1n) is 9.36. The van der Waals surface area contributed by atoms with Crippen LogP contribution in [0.4, 0.5) is 11.4 Å². The Hall–Kier alpha value is -3.50. The van der Waals surface area contributed by atoms with Gasteiger partial charge in [-0.15, -0.1) is 0 Å². The van der Waals surface area contributed by atoms with Gasteiger partial charge in [-0.3, -0.25) is 4.98 Å². The van der Waals surface area contributed by atoms with Crippen molar-refractivity contribution in [3.05, 3.63) is 101 Å². The third-order valence-electron chi connectivity index (χ3n) is 4.85. The van der Waals surface area contributed by atoms with E-state index in [0.29, 0.717) is 5.02 Å². The summed E-state index contributed by atoms with van der Waals surface area (Å²) in [6.07, 6.45) is 4.40. The number of aromatic nitrogens is 3. The van der Waals surface area contributed by atoms with Crippen molar-refractivity contribution in [1.29, 1.82) is 0 Å². The lowest BCUT2D eigenvalue weighted by atomic mass is 10.0. The van der Waals surface area contributed by atoms with Crippen molar-refractivity contribution in [2.75, 3.05) is 5.32 Å². The van der Waals surface area contributed by atoms with Gasteiger partial charge in [-0.2, -0.15) is 0 Å². The largest absolute Gasteiger partial charge is 0.354 e. The van der Waals surface area contributed by atoms with Gasteiger partial charge in [0.05, 0.1) is 22.2 Å². The minimum absolute atomic E-state index is 0.707. The Bertz CT molecular complexity index is 1300. The molecule has 0 atom stereocenters. The highest BCUT2D eigenvalue weighted by Gasteiger charge is 2.12. The zero-order valence-corrected chi connectivity index (χ0v) is 16.3. The number of hydrogen-bond acceptors (Lipinski definition) is 4. The van der Waals surface area contributed by atoms with Crippen LogP contribution < -0.4 is 5.32 Å². The summed E-state index contributed by atoms with van der Waals surface area (Å²) >= 11 is 6.02. The Labute approximate surface area is 173 Å². The lowest BCUT2D eigenvalue weighted by Gasteiger charge is -2.13. The van der Waals surface area contributed by atoms with Crippen LogP contribution in [0.5, 0.6) is 0 Å². The van der Waals surface area contributed by atoms with E-state index in [1.807, 2.05) is 73.1 Å². The average molecular weight is 397 g/mol. The number of pyridine rings is 1. The number of hydrogen-bond donors (Lipinski definition) is 1. The number of halogens is 1. The maximum Gasteiger partial charge on any atom is 0.113 e. The van der Waals surface area contributed by atoms with Crippen molar-refractivity contribution in [2.24, 2.45) is 0 Å². The van der Waals surface area contributed by atoms with E-state index >= 15 is 0 Å². The van der Waals surface area contributed by atoms with Crippen LogP contribution in [0, 0.1) is 0 Å². The third-order valence-corrected chi connectivity index (χ3v) is 5.10. The number of benzene rings is 3. The van der Waals surface area contributed by atoms with E-state index in [1.54, 1.807) is 0 Å². The molecule has 2 heterocycles. The van der Waals surface area contributed by atoms with E-state index in [4.69, 9.17) is 21.6 Å². The predicted octanol–water partition coefficient (Wildman–Crippen LogP) is 6.17. The molecular formula is C24H17ClN4. The van der Waals surface area contributed by atoms with Gasteiger partial charge in [-0.25, -0.2) is 9.97 Å². The summed E-state index contributed by atoms with van der Waals surface area (Å²) < 4.78 is 0. The molecule has 2 aromatic heterocycles. The Morgan fingerprint density at radius 1 is 0.724 bits per heavy atom. The first-order chi connectivity index (χ1) is 14.3. The van der Waals surface area contributed by atoms with Crippen molar-refractivity contribution in [3.63, 3.8) is 0 Å². The molecule has 140 valence electrons. The molecule has 0 saturated carbocycles. The molecule has 0 amide bonds. The quantitative estimate of drug-likeness (QED) is 0.369. The van der Waals surface area contributed by atoms with Gasteiger partial charge in [-0.05, 0) is 72.1 Å². The van der Waals surface area contributed by atoms with Crippen LogP contribution in [0.2, 0.25) is 5.02 Å². The molecule has 5 rings (SSSR count). The molecule has 0 aliphatic carbocycles. The first-order valence-corrected chi connectivity index (χ1v) is 9.74. The minimum Gasteiger partial charge on any atom is -0.354 e. The normalized spacial score (nSPS) is 11.1. The van der Waals surface area contributed by atoms with Crippen molar-refractivity contribution in [2.45, 2.75) is 6.42 Å². The average Bonchev–Trinajstić information content (AvgIpc) is 2.76. The molecule has 1 N–H and O–H groups in total. The summed E-state index contributed by atoms with van der Waals surface area (Å²) in [4.78, 5) is 14.0. The molecule has 0 bridgehead atoms. The second-order valence-corrected chi connectivity index (χ2v) is 7.28. The summed E-state index contributed by atoms with van der Waals surface area (Å²) in [5.41, 5.74) is 7.71. The molecule has 0 spiro atoms. The van der Waals surface area contributed by atoms with E-state index in [1.165, 1.54) is 5.56 Å². The SMILES string of the molecule is Clc1ccc(Nc2ccc(Cc3ccncc3)c3nc4ccccc4nc23)cc1. The Kier molecular flexibility index (Phi) is 4.54. The molecular weight excluding hydrogens is 380 g/mol. The maximum atomic E-state index is 6.02. The Morgan fingerprint density at radius 2 is 1.41 bits per heavy atom. The van der Waals surface area contributed by atoms with Gasteiger partial charge < -0.3 is 5.32 Å². The molecule has 0 radical (unpaired) electrons. The molecule has 0 fully saturated rings. The van der Waals surface area contributed by atoms with Crippen LogP contribution in [0.25, 0.3) is 22.1 Å². The standard InChI is InChI=1S/C24H17ClN4/c25-18-6-8-19(9-7-18)27-22-10-5-17(15-16-11-13-26-14-12-16)23-24(22)29-21-4-2-1-3-20(21)28-23/h1-14,27H,15H2. The number of para-hydroxylation sites is 2. The van der Waals surface area contributed by atoms with E-state index < -0.39 is 0 Å². The van der Waals surface area contributed by atoms with Crippen LogP contribution in [0.3, 0.4) is 0 Å². The summed E-state index contributed by atoms with van der Waals surface area (Å²) in [6, 6.07) is 23.8. The van der Waals surface area contributed by atoms with Gasteiger partial charge in [0.15, 0.2) is 0 Å². The van der Waals surface area contributed by atoms with Gasteiger partial charge in [-0.1, -0.05) is 29.8 Å². The molecule has 0 aliphatic rings. The maximum absolute atomic E-state index is 6.02. The fraction of sp³-hybridized carbons (Fsp3) is 0.0417. The molecule has 0 saturated heterocycles. The van der Waals surface area contributed by atoms with Crippen molar-refractivity contribution in [1.82, 2.24) is 15.0 Å². The smallest absolute Gasteiger partial charge is 0.113 e. The minimum atomic E-state index is 0.707. The number of anilines is 2. The van der Waals surface area contributed by atoms with Gasteiger partial charge in [0.1, 0.15) is 5.52 Å². The number of rotatable bonds is 4. The fourth-order valence-electron chi connectivity index (χ4n) is 3.41. The molecule has 3 aromatic carbocycles. The molecule has 0 unspecified atom stereocenters. The summed E-state index contributed by atoms with van der Waals surface area (Å²) in [7, 11) is 0. The third kappa shape index (κ3) is 3.62. The van der Waals surface area contributed by atoms with Crippen LogP contribution in [-0.2, 0) is 6.42 Å². The Morgan fingerprint density at radius 3 is 2.14 bits per heavy atom. The van der Waals surface area contributed by atoms with Gasteiger partial charge in [0.2, 0.25) is 0 Å². The second kappa shape index (κ2) is 7.49. The number of nitrogens with one attached hydrogen (secondary N) is 1. The predicted molar refractivity (Wildman–Crippen MR) is 119 cm³/mol. The number of fused-ring (bicyclic) bond motifs is 2. The van der Waals surface area contributed by atoms with Crippen LogP contribution in [-0.4, -0.2) is 15.0 Å². The van der Waals surface area contributed by atoms with Crippen molar-refractivity contribution in [3.8, 4) is 0 Å². The number of nitrogens with zero attached hydrogens (tertiary/aromatic N) is 3. The zero-order chi connectivity index (χ0) is 19.6. The van der Waals surface area contributed by atoms with E-state index in [9.17, 15) is 0 Å². The highest BCUT2D eigenvalue weighted by Crippen LogP contribution is 2.30. The van der Waals surface area contributed by atoms with E-state index in [-0.39, 0.29) is 0 Å². The second-order valence-electron chi connectivity index (χ2n) is 6.85. The highest BCUT2D eigenvalue weighted by atomic mass is 35.5.